The van der Waals surface area contributed by atoms with Crippen molar-refractivity contribution in [1.82, 2.24) is 4.68 Å². The Balaban J connectivity index is 1.98. The number of halogens is 1. The van der Waals surface area contributed by atoms with Gasteiger partial charge < -0.3 is 5.11 Å². The molecule has 1 aromatic carbocycles. The number of hydrogen-bond acceptors (Lipinski definition) is 3. The van der Waals surface area contributed by atoms with Crippen molar-refractivity contribution in [1.29, 1.82) is 0 Å². The SMILES string of the molecule is CC(C)(O)c1ccc(C2=Nn3cc(Cl)cc3C(=O)C2)cc1. The van der Waals surface area contributed by atoms with Crippen molar-refractivity contribution in [2.24, 2.45) is 5.10 Å². The number of carbonyl (C=O) groups excluding carboxylic acids is 1. The van der Waals surface area contributed by atoms with Gasteiger partial charge >= 0.3 is 0 Å². The number of hydrogen-bond donors (Lipinski definition) is 1. The van der Waals surface area contributed by atoms with Gasteiger partial charge in [0.05, 0.1) is 22.8 Å². The molecule has 1 N–H and O–H groups in total. The Kier molecular flexibility index (Phi) is 3.23. The van der Waals surface area contributed by atoms with Crippen LogP contribution in [0.25, 0.3) is 0 Å². The number of aliphatic hydroxyl groups is 1. The molecule has 108 valence electrons. The molecule has 0 radical (unpaired) electrons. The monoisotopic (exact) mass is 302 g/mol. The summed E-state index contributed by atoms with van der Waals surface area (Å²) in [7, 11) is 0. The quantitative estimate of drug-likeness (QED) is 0.926. The molecule has 21 heavy (non-hydrogen) atoms. The maximum absolute atomic E-state index is 12.1. The highest BCUT2D eigenvalue weighted by atomic mass is 35.5. The molecular formula is C16H15ClN2O2. The van der Waals surface area contributed by atoms with Gasteiger partial charge in [-0.3, -0.25) is 4.79 Å². The third-order valence-electron chi connectivity index (χ3n) is 3.53. The third-order valence-corrected chi connectivity index (χ3v) is 3.74. The molecule has 0 atom stereocenters. The van der Waals surface area contributed by atoms with E-state index in [0.717, 1.165) is 11.1 Å². The van der Waals surface area contributed by atoms with Crippen molar-refractivity contribution < 1.29 is 9.90 Å². The van der Waals surface area contributed by atoms with Gasteiger partial charge in [0.25, 0.3) is 0 Å². The number of ketones is 1. The molecule has 1 aliphatic heterocycles. The van der Waals surface area contributed by atoms with E-state index < -0.39 is 5.60 Å². The lowest BCUT2D eigenvalue weighted by molar-refractivity contribution is 0.0786. The molecule has 0 unspecified atom stereocenters. The molecule has 0 saturated heterocycles. The summed E-state index contributed by atoms with van der Waals surface area (Å²) in [6.07, 6.45) is 1.88. The molecule has 4 nitrogen and oxygen atoms in total. The summed E-state index contributed by atoms with van der Waals surface area (Å²) >= 11 is 5.91. The van der Waals surface area contributed by atoms with Gasteiger partial charge in [-0.2, -0.15) is 5.10 Å². The van der Waals surface area contributed by atoms with Crippen LogP contribution in [0.4, 0.5) is 0 Å². The summed E-state index contributed by atoms with van der Waals surface area (Å²) in [5, 5.41) is 14.9. The zero-order valence-corrected chi connectivity index (χ0v) is 12.6. The normalized spacial score (nSPS) is 14.9. The Morgan fingerprint density at radius 2 is 1.95 bits per heavy atom. The summed E-state index contributed by atoms with van der Waals surface area (Å²) in [4.78, 5) is 12.1. The third kappa shape index (κ3) is 2.64. The Hall–Kier alpha value is -1.91. The highest BCUT2D eigenvalue weighted by Gasteiger charge is 2.22. The van der Waals surface area contributed by atoms with Crippen LogP contribution >= 0.6 is 11.6 Å². The smallest absolute Gasteiger partial charge is 0.187 e. The highest BCUT2D eigenvalue weighted by Crippen LogP contribution is 2.24. The van der Waals surface area contributed by atoms with Crippen molar-refractivity contribution in [3.8, 4) is 0 Å². The molecule has 0 aliphatic carbocycles. The second kappa shape index (κ2) is 4.83. The van der Waals surface area contributed by atoms with E-state index in [1.807, 2.05) is 24.3 Å². The molecule has 0 spiro atoms. The fourth-order valence-corrected chi connectivity index (χ4v) is 2.55. The van der Waals surface area contributed by atoms with Crippen LogP contribution < -0.4 is 0 Å². The van der Waals surface area contributed by atoms with Crippen LogP contribution in [0.3, 0.4) is 0 Å². The maximum Gasteiger partial charge on any atom is 0.187 e. The number of benzene rings is 1. The largest absolute Gasteiger partial charge is 0.386 e. The minimum atomic E-state index is -0.885. The van der Waals surface area contributed by atoms with E-state index in [9.17, 15) is 9.90 Å². The first-order chi connectivity index (χ1) is 9.84. The second-order valence-electron chi connectivity index (χ2n) is 5.67. The zero-order chi connectivity index (χ0) is 15.2. The second-order valence-corrected chi connectivity index (χ2v) is 6.11. The van der Waals surface area contributed by atoms with Gasteiger partial charge in [-0.05, 0) is 31.0 Å². The van der Waals surface area contributed by atoms with Crippen LogP contribution in [0.2, 0.25) is 5.02 Å². The molecule has 0 amide bonds. The first kappa shape index (κ1) is 14.0. The topological polar surface area (TPSA) is 54.6 Å². The Morgan fingerprint density at radius 1 is 1.29 bits per heavy atom. The molecule has 3 rings (SSSR count). The summed E-state index contributed by atoms with van der Waals surface area (Å²) in [5.41, 5.74) is 2.01. The fraction of sp³-hybridized carbons (Fsp3) is 0.250. The predicted molar refractivity (Wildman–Crippen MR) is 82.0 cm³/mol. The van der Waals surface area contributed by atoms with Gasteiger partial charge in [0.15, 0.2) is 5.78 Å². The van der Waals surface area contributed by atoms with Crippen molar-refractivity contribution in [3.05, 3.63) is 58.4 Å². The van der Waals surface area contributed by atoms with E-state index in [2.05, 4.69) is 5.10 Å². The van der Waals surface area contributed by atoms with Crippen molar-refractivity contribution in [2.45, 2.75) is 25.9 Å². The molecular weight excluding hydrogens is 288 g/mol. The number of Topliss-reactive ketones (excluding diaryl/α,β-unsaturated/α-hetero) is 1. The number of aromatic nitrogens is 1. The Morgan fingerprint density at radius 3 is 2.57 bits per heavy atom. The standard InChI is InChI=1S/C16H15ClN2O2/c1-16(2,21)11-5-3-10(4-6-11)13-8-15(20)14-7-12(17)9-19(14)18-13/h3-7,9,21H,8H2,1-2H3. The van der Waals surface area contributed by atoms with Crippen LogP contribution in [0, 0.1) is 0 Å². The van der Waals surface area contributed by atoms with Gasteiger partial charge in [0.1, 0.15) is 5.69 Å². The molecule has 0 saturated carbocycles. The minimum absolute atomic E-state index is 0.00142. The van der Waals surface area contributed by atoms with E-state index in [0.29, 0.717) is 16.4 Å². The molecule has 1 aromatic heterocycles. The molecule has 5 heteroatoms. The summed E-state index contributed by atoms with van der Waals surface area (Å²) in [5.74, 6) is -0.00142. The lowest BCUT2D eigenvalue weighted by Crippen LogP contribution is -2.20. The first-order valence-electron chi connectivity index (χ1n) is 6.67. The van der Waals surface area contributed by atoms with Crippen molar-refractivity contribution in [3.63, 3.8) is 0 Å². The van der Waals surface area contributed by atoms with Crippen LogP contribution in [0.15, 0.2) is 41.6 Å². The maximum atomic E-state index is 12.1. The van der Waals surface area contributed by atoms with E-state index in [1.165, 1.54) is 4.68 Å². The van der Waals surface area contributed by atoms with Crippen LogP contribution in [-0.4, -0.2) is 21.3 Å². The molecule has 0 fully saturated rings. The number of carbonyl (C=O) groups is 1. The van der Waals surface area contributed by atoms with Gasteiger partial charge in [-0.15, -0.1) is 0 Å². The minimum Gasteiger partial charge on any atom is -0.386 e. The average Bonchev–Trinajstić information content (AvgIpc) is 2.79. The summed E-state index contributed by atoms with van der Waals surface area (Å²) in [6, 6.07) is 9.06. The summed E-state index contributed by atoms with van der Waals surface area (Å²) in [6.45, 7) is 3.47. The van der Waals surface area contributed by atoms with Crippen LogP contribution in [0.5, 0.6) is 0 Å². The van der Waals surface area contributed by atoms with Crippen molar-refractivity contribution >= 4 is 23.1 Å². The van der Waals surface area contributed by atoms with Crippen LogP contribution in [0.1, 0.15) is 41.9 Å². The molecule has 2 heterocycles. The van der Waals surface area contributed by atoms with E-state index in [4.69, 9.17) is 11.6 Å². The average molecular weight is 303 g/mol. The predicted octanol–water partition coefficient (Wildman–Crippen LogP) is 3.21. The zero-order valence-electron chi connectivity index (χ0n) is 11.8. The van der Waals surface area contributed by atoms with Gasteiger partial charge in [-0.1, -0.05) is 35.9 Å². The van der Waals surface area contributed by atoms with E-state index >= 15 is 0 Å². The Labute approximate surface area is 127 Å². The highest BCUT2D eigenvalue weighted by molar-refractivity contribution is 6.31. The molecule has 2 aromatic rings. The van der Waals surface area contributed by atoms with E-state index in [1.54, 1.807) is 26.1 Å². The Bertz CT molecular complexity index is 737. The first-order valence-corrected chi connectivity index (χ1v) is 7.04. The molecule has 0 bridgehead atoms. The van der Waals surface area contributed by atoms with Gasteiger partial charge in [0, 0.05) is 6.20 Å². The molecule has 1 aliphatic rings. The number of nitrogens with zero attached hydrogens (tertiary/aromatic N) is 2. The number of rotatable bonds is 2. The van der Waals surface area contributed by atoms with E-state index in [-0.39, 0.29) is 12.2 Å². The lowest BCUT2D eigenvalue weighted by atomic mass is 9.95. The van der Waals surface area contributed by atoms with Gasteiger partial charge in [0.2, 0.25) is 0 Å². The van der Waals surface area contributed by atoms with Crippen LogP contribution in [-0.2, 0) is 5.60 Å². The lowest BCUT2D eigenvalue weighted by Gasteiger charge is -2.19. The summed E-state index contributed by atoms with van der Waals surface area (Å²) < 4.78 is 1.52. The van der Waals surface area contributed by atoms with Crippen molar-refractivity contribution in [2.75, 3.05) is 0 Å². The number of fused-ring (bicyclic) bond motifs is 1. The fourth-order valence-electron chi connectivity index (χ4n) is 2.35. The van der Waals surface area contributed by atoms with Gasteiger partial charge in [-0.25, -0.2) is 4.68 Å².